The number of amides is 1. The first kappa shape index (κ1) is 19.4. The van der Waals surface area contributed by atoms with Gasteiger partial charge in [0.2, 0.25) is 0 Å². The SMILES string of the molecule is CNC(C)Cc1noc(-c2cc(OC)c(OC)cc2NC(=O)c2ccco2)n1. The number of methoxy groups -OCH3 is 2. The predicted octanol–water partition coefficient (Wildman–Crippen LogP) is 2.75. The second kappa shape index (κ2) is 8.57. The zero-order chi connectivity index (χ0) is 20.1. The highest BCUT2D eigenvalue weighted by Crippen LogP contribution is 2.38. The van der Waals surface area contributed by atoms with Crippen molar-refractivity contribution in [1.29, 1.82) is 0 Å². The molecule has 3 rings (SSSR count). The van der Waals surface area contributed by atoms with Gasteiger partial charge in [-0.2, -0.15) is 4.98 Å². The number of furan rings is 1. The van der Waals surface area contributed by atoms with Crippen molar-refractivity contribution in [3.05, 3.63) is 42.1 Å². The van der Waals surface area contributed by atoms with Gasteiger partial charge in [-0.05, 0) is 32.2 Å². The molecule has 9 nitrogen and oxygen atoms in total. The fraction of sp³-hybridized carbons (Fsp3) is 0.316. The van der Waals surface area contributed by atoms with Gasteiger partial charge in [-0.15, -0.1) is 0 Å². The minimum Gasteiger partial charge on any atom is -0.493 e. The van der Waals surface area contributed by atoms with Gasteiger partial charge in [0.15, 0.2) is 23.1 Å². The van der Waals surface area contributed by atoms with Gasteiger partial charge in [-0.3, -0.25) is 4.79 Å². The average Bonchev–Trinajstić information content (AvgIpc) is 3.39. The van der Waals surface area contributed by atoms with Crippen LogP contribution >= 0.6 is 0 Å². The van der Waals surface area contributed by atoms with Gasteiger partial charge >= 0.3 is 0 Å². The molecule has 1 atom stereocenters. The first-order valence-corrected chi connectivity index (χ1v) is 8.66. The van der Waals surface area contributed by atoms with Crippen molar-refractivity contribution >= 4 is 11.6 Å². The Bertz CT molecular complexity index is 936. The van der Waals surface area contributed by atoms with Crippen molar-refractivity contribution in [2.24, 2.45) is 0 Å². The van der Waals surface area contributed by atoms with Crippen LogP contribution in [0.25, 0.3) is 11.5 Å². The summed E-state index contributed by atoms with van der Waals surface area (Å²) in [5, 5.41) is 9.93. The number of benzene rings is 1. The molecule has 1 aromatic carbocycles. The standard InChI is InChI=1S/C19H22N4O5/c1-11(20-2)8-17-22-19(28-23-17)12-9-15(25-3)16(26-4)10-13(12)21-18(24)14-6-5-7-27-14/h5-7,9-11,20H,8H2,1-4H3,(H,21,24). The summed E-state index contributed by atoms with van der Waals surface area (Å²) in [6, 6.07) is 6.70. The first-order chi connectivity index (χ1) is 13.5. The highest BCUT2D eigenvalue weighted by molar-refractivity contribution is 6.04. The quantitative estimate of drug-likeness (QED) is 0.608. The molecule has 0 fully saturated rings. The Balaban J connectivity index is 1.99. The molecule has 0 saturated heterocycles. The van der Waals surface area contributed by atoms with Crippen LogP contribution in [0.5, 0.6) is 11.5 Å². The van der Waals surface area contributed by atoms with E-state index in [1.807, 2.05) is 14.0 Å². The third-order valence-corrected chi connectivity index (χ3v) is 4.20. The molecule has 28 heavy (non-hydrogen) atoms. The molecular formula is C19H22N4O5. The van der Waals surface area contributed by atoms with E-state index < -0.39 is 5.91 Å². The van der Waals surface area contributed by atoms with Gasteiger partial charge < -0.3 is 29.0 Å². The van der Waals surface area contributed by atoms with E-state index in [-0.39, 0.29) is 17.7 Å². The fourth-order valence-electron chi connectivity index (χ4n) is 2.57. The number of carbonyl (C=O) groups is 1. The van der Waals surface area contributed by atoms with E-state index in [1.165, 1.54) is 20.5 Å². The molecule has 1 amide bonds. The van der Waals surface area contributed by atoms with E-state index in [0.29, 0.717) is 35.0 Å². The van der Waals surface area contributed by atoms with Crippen LogP contribution in [0.2, 0.25) is 0 Å². The maximum Gasteiger partial charge on any atom is 0.291 e. The zero-order valence-corrected chi connectivity index (χ0v) is 16.1. The van der Waals surface area contributed by atoms with Gasteiger partial charge in [-0.25, -0.2) is 0 Å². The van der Waals surface area contributed by atoms with Crippen LogP contribution in [-0.2, 0) is 6.42 Å². The lowest BCUT2D eigenvalue weighted by Gasteiger charge is -2.13. The molecule has 0 radical (unpaired) electrons. The van der Waals surface area contributed by atoms with E-state index >= 15 is 0 Å². The van der Waals surface area contributed by atoms with E-state index in [4.69, 9.17) is 18.4 Å². The fourth-order valence-corrected chi connectivity index (χ4v) is 2.57. The molecule has 0 aliphatic carbocycles. The highest BCUT2D eigenvalue weighted by atomic mass is 16.5. The van der Waals surface area contributed by atoms with Crippen molar-refractivity contribution in [2.45, 2.75) is 19.4 Å². The van der Waals surface area contributed by atoms with Crippen molar-refractivity contribution in [3.8, 4) is 23.0 Å². The topological polar surface area (TPSA) is 112 Å². The zero-order valence-electron chi connectivity index (χ0n) is 16.1. The molecule has 0 bridgehead atoms. The Labute approximate surface area is 162 Å². The second-order valence-electron chi connectivity index (χ2n) is 6.09. The summed E-state index contributed by atoms with van der Waals surface area (Å²) in [5.41, 5.74) is 0.935. The Morgan fingerprint density at radius 3 is 2.64 bits per heavy atom. The molecule has 9 heteroatoms. The lowest BCUT2D eigenvalue weighted by atomic mass is 10.1. The number of nitrogens with one attached hydrogen (secondary N) is 2. The number of carbonyl (C=O) groups excluding carboxylic acids is 1. The Hall–Kier alpha value is -3.33. The second-order valence-corrected chi connectivity index (χ2v) is 6.09. The summed E-state index contributed by atoms with van der Waals surface area (Å²) >= 11 is 0. The average molecular weight is 386 g/mol. The van der Waals surface area contributed by atoms with Crippen molar-refractivity contribution < 1.29 is 23.2 Å². The van der Waals surface area contributed by atoms with Gasteiger partial charge in [0.05, 0.1) is 31.7 Å². The number of rotatable bonds is 8. The molecule has 3 aromatic rings. The number of anilines is 1. The van der Waals surface area contributed by atoms with Crippen LogP contribution < -0.4 is 20.1 Å². The first-order valence-electron chi connectivity index (χ1n) is 8.66. The normalized spacial score (nSPS) is 11.9. The van der Waals surface area contributed by atoms with E-state index in [0.717, 1.165) is 0 Å². The van der Waals surface area contributed by atoms with E-state index in [1.54, 1.807) is 24.3 Å². The summed E-state index contributed by atoms with van der Waals surface area (Å²) in [7, 11) is 4.90. The number of hydrogen-bond acceptors (Lipinski definition) is 8. The van der Waals surface area contributed by atoms with Crippen LogP contribution in [-0.4, -0.2) is 43.4 Å². The molecule has 2 aromatic heterocycles. The van der Waals surface area contributed by atoms with Gasteiger partial charge in [0.25, 0.3) is 11.8 Å². The Kier molecular flexibility index (Phi) is 5.95. The van der Waals surface area contributed by atoms with Gasteiger partial charge in [-0.1, -0.05) is 5.16 Å². The maximum absolute atomic E-state index is 12.5. The lowest BCUT2D eigenvalue weighted by molar-refractivity contribution is 0.0996. The molecule has 0 aliphatic rings. The molecule has 0 saturated carbocycles. The molecule has 2 heterocycles. The minimum absolute atomic E-state index is 0.176. The third-order valence-electron chi connectivity index (χ3n) is 4.20. The van der Waals surface area contributed by atoms with E-state index in [2.05, 4.69) is 20.8 Å². The summed E-state index contributed by atoms with van der Waals surface area (Å²) in [6.07, 6.45) is 2.03. The van der Waals surface area contributed by atoms with Gasteiger partial charge in [0.1, 0.15) is 0 Å². The molecule has 148 valence electrons. The molecule has 0 spiro atoms. The number of aromatic nitrogens is 2. The monoisotopic (exact) mass is 386 g/mol. The summed E-state index contributed by atoms with van der Waals surface area (Å²) in [5.74, 6) is 1.49. The molecule has 1 unspecified atom stereocenters. The predicted molar refractivity (Wildman–Crippen MR) is 102 cm³/mol. The van der Waals surface area contributed by atoms with Crippen molar-refractivity contribution in [1.82, 2.24) is 15.5 Å². The van der Waals surface area contributed by atoms with Crippen LogP contribution in [0.15, 0.2) is 39.5 Å². The molecule has 0 aliphatic heterocycles. The van der Waals surface area contributed by atoms with Gasteiger partial charge in [0, 0.05) is 18.5 Å². The lowest BCUT2D eigenvalue weighted by Crippen LogP contribution is -2.24. The van der Waals surface area contributed by atoms with Crippen LogP contribution in [0.4, 0.5) is 5.69 Å². The number of likely N-dealkylation sites (N-methyl/N-ethyl adjacent to an activating group) is 1. The highest BCUT2D eigenvalue weighted by Gasteiger charge is 2.21. The Morgan fingerprint density at radius 2 is 2.00 bits per heavy atom. The molecule has 2 N–H and O–H groups in total. The van der Waals surface area contributed by atoms with E-state index in [9.17, 15) is 4.79 Å². The summed E-state index contributed by atoms with van der Waals surface area (Å²) < 4.78 is 21.3. The molecular weight excluding hydrogens is 364 g/mol. The summed E-state index contributed by atoms with van der Waals surface area (Å²) in [6.45, 7) is 2.02. The van der Waals surface area contributed by atoms with Crippen LogP contribution in [0, 0.1) is 0 Å². The largest absolute Gasteiger partial charge is 0.493 e. The minimum atomic E-state index is -0.415. The summed E-state index contributed by atoms with van der Waals surface area (Å²) in [4.78, 5) is 16.9. The van der Waals surface area contributed by atoms with Crippen molar-refractivity contribution in [2.75, 3.05) is 26.6 Å². The number of hydrogen-bond donors (Lipinski definition) is 2. The Morgan fingerprint density at radius 1 is 1.25 bits per heavy atom. The third kappa shape index (κ3) is 4.15. The number of ether oxygens (including phenoxy) is 2. The van der Waals surface area contributed by atoms with Crippen molar-refractivity contribution in [3.63, 3.8) is 0 Å². The van der Waals surface area contributed by atoms with Crippen LogP contribution in [0.3, 0.4) is 0 Å². The number of nitrogens with zero attached hydrogens (tertiary/aromatic N) is 2. The van der Waals surface area contributed by atoms with Crippen LogP contribution in [0.1, 0.15) is 23.3 Å². The maximum atomic E-state index is 12.5. The smallest absolute Gasteiger partial charge is 0.291 e.